The minimum atomic E-state index is -0.830. The van der Waals surface area contributed by atoms with Gasteiger partial charge in [0, 0.05) is 13.5 Å². The van der Waals surface area contributed by atoms with Crippen LogP contribution in [0.5, 0.6) is 0 Å². The van der Waals surface area contributed by atoms with Crippen LogP contribution < -0.4 is 10.6 Å². The Labute approximate surface area is 162 Å². The van der Waals surface area contributed by atoms with Crippen molar-refractivity contribution in [1.82, 2.24) is 10.6 Å². The number of amides is 2. The number of carbonyl (C=O) groups excluding carboxylic acids is 3. The van der Waals surface area contributed by atoms with Crippen molar-refractivity contribution in [3.8, 4) is 0 Å². The van der Waals surface area contributed by atoms with E-state index in [0.29, 0.717) is 17.5 Å². The predicted molar refractivity (Wildman–Crippen MR) is 102 cm³/mol. The lowest BCUT2D eigenvalue weighted by Crippen LogP contribution is -2.32. The van der Waals surface area contributed by atoms with Gasteiger partial charge in [0.25, 0.3) is 5.91 Å². The maximum atomic E-state index is 13.5. The Balaban J connectivity index is 1.85. The van der Waals surface area contributed by atoms with Gasteiger partial charge in [-0.2, -0.15) is 0 Å². The number of halogens is 1. The summed E-state index contributed by atoms with van der Waals surface area (Å²) in [5.74, 6) is -2.13. The molecule has 2 amide bonds. The van der Waals surface area contributed by atoms with Crippen LogP contribution in [0.4, 0.5) is 4.39 Å². The van der Waals surface area contributed by atoms with E-state index in [1.807, 2.05) is 6.07 Å². The molecular weight excluding hydrogens is 363 g/mol. The molecule has 0 aliphatic rings. The molecule has 0 heterocycles. The second-order valence-corrected chi connectivity index (χ2v) is 5.92. The first-order chi connectivity index (χ1) is 13.5. The molecule has 2 aromatic carbocycles. The van der Waals surface area contributed by atoms with Gasteiger partial charge in [-0.25, -0.2) is 9.18 Å². The molecule has 2 N–H and O–H groups in total. The fourth-order valence-electron chi connectivity index (χ4n) is 2.35. The van der Waals surface area contributed by atoms with Crippen LogP contribution in [0.2, 0.25) is 0 Å². The number of esters is 1. The van der Waals surface area contributed by atoms with Crippen LogP contribution in [-0.2, 0) is 25.5 Å². The highest BCUT2D eigenvalue weighted by Gasteiger charge is 2.15. The number of carbonyl (C=O) groups is 3. The summed E-state index contributed by atoms with van der Waals surface area (Å²) in [4.78, 5) is 35.4. The Kier molecular flexibility index (Phi) is 7.90. The van der Waals surface area contributed by atoms with Gasteiger partial charge in [0.1, 0.15) is 11.5 Å². The Morgan fingerprint density at radius 1 is 1.04 bits per heavy atom. The summed E-state index contributed by atoms with van der Waals surface area (Å²) in [7, 11) is 0. The van der Waals surface area contributed by atoms with E-state index in [-0.39, 0.29) is 18.1 Å². The Morgan fingerprint density at radius 2 is 1.71 bits per heavy atom. The smallest absolute Gasteiger partial charge is 0.355 e. The van der Waals surface area contributed by atoms with E-state index >= 15 is 0 Å². The van der Waals surface area contributed by atoms with Gasteiger partial charge < -0.3 is 15.4 Å². The highest BCUT2D eigenvalue weighted by molar-refractivity contribution is 5.98. The zero-order valence-corrected chi connectivity index (χ0v) is 15.4. The summed E-state index contributed by atoms with van der Waals surface area (Å²) >= 11 is 0. The largest absolute Gasteiger partial charge is 0.451 e. The van der Waals surface area contributed by atoms with Crippen molar-refractivity contribution in [2.45, 2.75) is 13.3 Å². The van der Waals surface area contributed by atoms with Crippen LogP contribution >= 0.6 is 0 Å². The van der Waals surface area contributed by atoms with Crippen molar-refractivity contribution in [1.29, 1.82) is 0 Å². The molecule has 0 unspecified atom stereocenters. The van der Waals surface area contributed by atoms with Crippen molar-refractivity contribution in [2.24, 2.45) is 0 Å². The number of hydrogen-bond donors (Lipinski definition) is 2. The summed E-state index contributed by atoms with van der Waals surface area (Å²) in [6, 6.07) is 15.2. The Hall–Kier alpha value is -3.48. The summed E-state index contributed by atoms with van der Waals surface area (Å²) in [5, 5.41) is 4.95. The van der Waals surface area contributed by atoms with Crippen molar-refractivity contribution in [3.63, 3.8) is 0 Å². The van der Waals surface area contributed by atoms with Gasteiger partial charge in [0.05, 0.1) is 0 Å². The Morgan fingerprint density at radius 3 is 2.39 bits per heavy atom. The molecule has 6 nitrogen and oxygen atoms in total. The standard InChI is InChI=1S/C21H21FN2O4/c1-15(25)24-19(13-16-7-3-2-4-8-16)21(27)28-14-20(26)23-12-11-17-9-5-6-10-18(17)22/h2-10,13H,11-12,14H2,1H3,(H,23,26)(H,24,25)/b19-13-. The molecule has 0 atom stereocenters. The topological polar surface area (TPSA) is 84.5 Å². The van der Waals surface area contributed by atoms with Crippen LogP contribution in [-0.4, -0.2) is 30.9 Å². The summed E-state index contributed by atoms with van der Waals surface area (Å²) in [6.07, 6.45) is 1.78. The molecule has 0 spiro atoms. The zero-order valence-electron chi connectivity index (χ0n) is 15.4. The van der Waals surface area contributed by atoms with Crippen molar-refractivity contribution < 1.29 is 23.5 Å². The van der Waals surface area contributed by atoms with Crippen LogP contribution in [0.25, 0.3) is 6.08 Å². The molecule has 0 saturated heterocycles. The fourth-order valence-corrected chi connectivity index (χ4v) is 2.35. The molecule has 0 aliphatic carbocycles. The van der Waals surface area contributed by atoms with Gasteiger partial charge >= 0.3 is 5.97 Å². The van der Waals surface area contributed by atoms with E-state index in [1.54, 1.807) is 42.5 Å². The molecule has 0 fully saturated rings. The minimum Gasteiger partial charge on any atom is -0.451 e. The van der Waals surface area contributed by atoms with Crippen molar-refractivity contribution in [3.05, 3.63) is 77.2 Å². The van der Waals surface area contributed by atoms with Gasteiger partial charge in [0.15, 0.2) is 6.61 Å². The molecule has 2 rings (SSSR count). The number of benzene rings is 2. The second-order valence-electron chi connectivity index (χ2n) is 5.92. The van der Waals surface area contributed by atoms with E-state index in [2.05, 4.69) is 10.6 Å². The number of hydrogen-bond acceptors (Lipinski definition) is 4. The lowest BCUT2D eigenvalue weighted by Gasteiger charge is -2.10. The molecule has 0 aliphatic heterocycles. The van der Waals surface area contributed by atoms with Gasteiger partial charge in [-0.1, -0.05) is 48.5 Å². The summed E-state index contributed by atoms with van der Waals surface area (Å²) < 4.78 is 18.5. The van der Waals surface area contributed by atoms with Gasteiger partial charge in [0.2, 0.25) is 5.91 Å². The Bertz CT molecular complexity index is 866. The molecule has 0 bridgehead atoms. The van der Waals surface area contributed by atoms with Crippen LogP contribution in [0, 0.1) is 5.82 Å². The molecule has 28 heavy (non-hydrogen) atoms. The first kappa shape index (κ1) is 20.8. The maximum Gasteiger partial charge on any atom is 0.355 e. The molecule has 0 radical (unpaired) electrons. The lowest BCUT2D eigenvalue weighted by molar-refractivity contribution is -0.145. The fraction of sp³-hybridized carbons (Fsp3) is 0.190. The molecule has 0 saturated carbocycles. The number of rotatable bonds is 8. The quantitative estimate of drug-likeness (QED) is 0.540. The summed E-state index contributed by atoms with van der Waals surface area (Å²) in [5.41, 5.74) is 1.11. The van der Waals surface area contributed by atoms with Crippen molar-refractivity contribution in [2.75, 3.05) is 13.2 Å². The highest BCUT2D eigenvalue weighted by Crippen LogP contribution is 2.07. The van der Waals surface area contributed by atoms with Gasteiger partial charge in [-0.15, -0.1) is 0 Å². The highest BCUT2D eigenvalue weighted by atomic mass is 19.1. The molecule has 2 aromatic rings. The average Bonchev–Trinajstić information content (AvgIpc) is 2.67. The zero-order chi connectivity index (χ0) is 20.4. The van der Waals surface area contributed by atoms with E-state index in [0.717, 1.165) is 0 Å². The van der Waals surface area contributed by atoms with E-state index in [9.17, 15) is 18.8 Å². The maximum absolute atomic E-state index is 13.5. The third-order valence-corrected chi connectivity index (χ3v) is 3.65. The normalized spacial score (nSPS) is 10.9. The monoisotopic (exact) mass is 384 g/mol. The lowest BCUT2D eigenvalue weighted by atomic mass is 10.1. The third kappa shape index (κ3) is 7.03. The van der Waals surface area contributed by atoms with Gasteiger partial charge in [-0.05, 0) is 29.7 Å². The first-order valence-electron chi connectivity index (χ1n) is 8.67. The predicted octanol–water partition coefficient (Wildman–Crippen LogP) is 2.20. The van der Waals surface area contributed by atoms with E-state index in [4.69, 9.17) is 4.74 Å². The minimum absolute atomic E-state index is 0.0714. The van der Waals surface area contributed by atoms with Crippen LogP contribution in [0.3, 0.4) is 0 Å². The van der Waals surface area contributed by atoms with E-state index in [1.165, 1.54) is 19.1 Å². The molecule has 0 aromatic heterocycles. The molecular formula is C21H21FN2O4. The average molecular weight is 384 g/mol. The van der Waals surface area contributed by atoms with Crippen molar-refractivity contribution >= 4 is 23.9 Å². The third-order valence-electron chi connectivity index (χ3n) is 3.65. The van der Waals surface area contributed by atoms with E-state index < -0.39 is 24.4 Å². The number of ether oxygens (including phenoxy) is 1. The molecule has 146 valence electrons. The molecule has 7 heteroatoms. The SMILES string of the molecule is CC(=O)N/C(=C\c1ccccc1)C(=O)OCC(=O)NCCc1ccccc1F. The summed E-state index contributed by atoms with van der Waals surface area (Å²) in [6.45, 7) is 0.957. The number of nitrogens with one attached hydrogen (secondary N) is 2. The van der Waals surface area contributed by atoms with Crippen LogP contribution in [0.15, 0.2) is 60.3 Å². The first-order valence-corrected chi connectivity index (χ1v) is 8.67. The van der Waals surface area contributed by atoms with Gasteiger partial charge in [-0.3, -0.25) is 9.59 Å². The second kappa shape index (κ2) is 10.6. The van der Waals surface area contributed by atoms with Crippen LogP contribution in [0.1, 0.15) is 18.1 Å².